The van der Waals surface area contributed by atoms with E-state index in [0.29, 0.717) is 0 Å². The molecule has 0 radical (unpaired) electrons. The topological polar surface area (TPSA) is 3.24 Å². The van der Waals surface area contributed by atoms with E-state index in [1.54, 1.807) is 0 Å². The normalized spacial score (nSPS) is 12.4. The van der Waals surface area contributed by atoms with Crippen molar-refractivity contribution in [1.29, 1.82) is 0 Å². The monoisotopic (exact) mass is 713 g/mol. The Morgan fingerprint density at radius 1 is 0.250 bits per heavy atom. The van der Waals surface area contributed by atoms with E-state index in [9.17, 15) is 0 Å². The van der Waals surface area contributed by atoms with E-state index in [1.165, 1.54) is 66.8 Å². The van der Waals surface area contributed by atoms with Gasteiger partial charge in [-0.2, -0.15) is 0 Å². The molecule has 10 rings (SSSR count). The summed E-state index contributed by atoms with van der Waals surface area (Å²) >= 11 is 0. The Labute approximate surface area is 329 Å². The van der Waals surface area contributed by atoms with Crippen molar-refractivity contribution in [2.24, 2.45) is 0 Å². The summed E-state index contributed by atoms with van der Waals surface area (Å²) in [5.74, 6) is 0. The van der Waals surface area contributed by atoms with Crippen LogP contribution < -0.4 is 4.90 Å². The minimum atomic E-state index is -0.488. The van der Waals surface area contributed by atoms with E-state index in [-0.39, 0.29) is 0 Å². The van der Waals surface area contributed by atoms with Crippen LogP contribution in [0.2, 0.25) is 0 Å². The van der Waals surface area contributed by atoms with Crippen LogP contribution >= 0.6 is 0 Å². The van der Waals surface area contributed by atoms with Crippen molar-refractivity contribution in [2.75, 3.05) is 4.90 Å². The maximum atomic E-state index is 2.45. The van der Waals surface area contributed by atoms with E-state index in [2.05, 4.69) is 241 Å². The van der Waals surface area contributed by atoms with E-state index < -0.39 is 5.41 Å². The zero-order valence-electron chi connectivity index (χ0n) is 31.0. The molecule has 9 aromatic carbocycles. The summed E-state index contributed by atoms with van der Waals surface area (Å²) in [6.45, 7) is 0. The first kappa shape index (κ1) is 33.4. The van der Waals surface area contributed by atoms with Crippen LogP contribution in [0.15, 0.2) is 237 Å². The van der Waals surface area contributed by atoms with Crippen molar-refractivity contribution >= 4 is 17.1 Å². The highest BCUT2D eigenvalue weighted by molar-refractivity contribution is 5.90. The summed E-state index contributed by atoms with van der Waals surface area (Å²) in [6.07, 6.45) is 0. The molecule has 264 valence electrons. The minimum Gasteiger partial charge on any atom is -0.310 e. The first-order valence-corrected chi connectivity index (χ1v) is 19.3. The average molecular weight is 714 g/mol. The molecule has 0 saturated heterocycles. The number of benzene rings is 9. The van der Waals surface area contributed by atoms with Crippen LogP contribution in [0, 0.1) is 0 Å². The van der Waals surface area contributed by atoms with E-state index >= 15 is 0 Å². The highest BCUT2D eigenvalue weighted by Crippen LogP contribution is 2.57. The molecule has 0 heterocycles. The third kappa shape index (κ3) is 5.73. The quantitative estimate of drug-likeness (QED) is 0.152. The smallest absolute Gasteiger partial charge is 0.0714 e. The lowest BCUT2D eigenvalue weighted by Gasteiger charge is -2.35. The summed E-state index contributed by atoms with van der Waals surface area (Å²) in [4.78, 5) is 2.42. The summed E-state index contributed by atoms with van der Waals surface area (Å²) < 4.78 is 0. The Hall–Kier alpha value is -7.22. The first-order chi connectivity index (χ1) is 27.8. The van der Waals surface area contributed by atoms with Gasteiger partial charge in [0.15, 0.2) is 0 Å². The third-order valence-electron chi connectivity index (χ3n) is 11.4. The Morgan fingerprint density at radius 3 is 1.25 bits per heavy atom. The van der Waals surface area contributed by atoms with E-state index in [1.807, 2.05) is 0 Å². The molecule has 0 amide bonds. The molecule has 9 aromatic rings. The van der Waals surface area contributed by atoms with Crippen molar-refractivity contribution in [1.82, 2.24) is 0 Å². The number of anilines is 3. The van der Waals surface area contributed by atoms with Crippen LogP contribution in [0.5, 0.6) is 0 Å². The van der Waals surface area contributed by atoms with Crippen molar-refractivity contribution < 1.29 is 0 Å². The fourth-order valence-electron chi connectivity index (χ4n) is 8.76. The standard InChI is InChI=1S/C55H39N/c1-5-16-40(17-6-1)42-28-30-43(31-29-42)44-32-34-48(35-33-44)56(49-25-15-20-45(38-49)41-18-7-2-8-19-41)50-36-37-52-51-26-13-14-27-53(51)55(54(52)39-50,46-21-9-3-10-22-46)47-23-11-4-12-24-47/h1-39H. The number of rotatable bonds is 8. The maximum absolute atomic E-state index is 2.45. The summed E-state index contributed by atoms with van der Waals surface area (Å²) in [6, 6.07) is 86.2. The fraction of sp³-hybridized carbons (Fsp3) is 0.0182. The largest absolute Gasteiger partial charge is 0.310 e. The molecule has 1 heteroatoms. The van der Waals surface area contributed by atoms with Crippen LogP contribution in [0.1, 0.15) is 22.3 Å². The summed E-state index contributed by atoms with van der Waals surface area (Å²) in [5, 5.41) is 0. The number of hydrogen-bond donors (Lipinski definition) is 0. The van der Waals surface area contributed by atoms with Crippen LogP contribution in [-0.2, 0) is 5.41 Å². The van der Waals surface area contributed by atoms with Gasteiger partial charge >= 0.3 is 0 Å². The zero-order valence-corrected chi connectivity index (χ0v) is 31.0. The number of nitrogens with zero attached hydrogens (tertiary/aromatic N) is 1. The first-order valence-electron chi connectivity index (χ1n) is 19.3. The summed E-state index contributed by atoms with van der Waals surface area (Å²) in [7, 11) is 0. The van der Waals surface area contributed by atoms with Gasteiger partial charge < -0.3 is 4.90 Å². The van der Waals surface area contributed by atoms with Gasteiger partial charge in [0.25, 0.3) is 0 Å². The molecule has 0 unspecified atom stereocenters. The molecule has 0 spiro atoms. The lowest BCUT2D eigenvalue weighted by atomic mass is 9.67. The van der Waals surface area contributed by atoms with E-state index in [0.717, 1.165) is 17.1 Å². The van der Waals surface area contributed by atoms with Crippen molar-refractivity contribution in [2.45, 2.75) is 5.41 Å². The van der Waals surface area contributed by atoms with Crippen LogP contribution in [0.3, 0.4) is 0 Å². The molecule has 0 aliphatic heterocycles. The molecule has 1 aliphatic carbocycles. The number of fused-ring (bicyclic) bond motifs is 3. The lowest BCUT2D eigenvalue weighted by Crippen LogP contribution is -2.28. The van der Waals surface area contributed by atoms with Gasteiger partial charge in [0, 0.05) is 17.1 Å². The predicted octanol–water partition coefficient (Wildman–Crippen LogP) is 14.5. The van der Waals surface area contributed by atoms with Gasteiger partial charge in [-0.1, -0.05) is 200 Å². The highest BCUT2D eigenvalue weighted by atomic mass is 15.1. The molecule has 0 saturated carbocycles. The van der Waals surface area contributed by atoms with Crippen molar-refractivity contribution in [3.63, 3.8) is 0 Å². The van der Waals surface area contributed by atoms with Gasteiger partial charge in [0.2, 0.25) is 0 Å². The molecule has 0 N–H and O–H groups in total. The third-order valence-corrected chi connectivity index (χ3v) is 11.4. The highest BCUT2D eigenvalue weighted by Gasteiger charge is 2.46. The molecule has 1 nitrogen and oxygen atoms in total. The predicted molar refractivity (Wildman–Crippen MR) is 235 cm³/mol. The Balaban J connectivity index is 1.14. The van der Waals surface area contributed by atoms with E-state index in [4.69, 9.17) is 0 Å². The van der Waals surface area contributed by atoms with Gasteiger partial charge in [-0.25, -0.2) is 0 Å². The molecule has 0 aromatic heterocycles. The fourth-order valence-corrected chi connectivity index (χ4v) is 8.76. The molecule has 56 heavy (non-hydrogen) atoms. The Morgan fingerprint density at radius 2 is 0.661 bits per heavy atom. The molecule has 0 bridgehead atoms. The van der Waals surface area contributed by atoms with Gasteiger partial charge in [-0.15, -0.1) is 0 Å². The van der Waals surface area contributed by atoms with Crippen LogP contribution in [-0.4, -0.2) is 0 Å². The van der Waals surface area contributed by atoms with Gasteiger partial charge in [-0.05, 0) is 103 Å². The Bertz CT molecular complexity index is 2710. The summed E-state index contributed by atoms with van der Waals surface area (Å²) in [5.41, 5.74) is 17.7. The zero-order chi connectivity index (χ0) is 37.3. The second-order valence-corrected chi connectivity index (χ2v) is 14.5. The number of hydrogen-bond acceptors (Lipinski definition) is 1. The van der Waals surface area contributed by atoms with Crippen LogP contribution in [0.25, 0.3) is 44.5 Å². The molecule has 1 aliphatic rings. The minimum absolute atomic E-state index is 0.488. The second-order valence-electron chi connectivity index (χ2n) is 14.5. The second kappa shape index (κ2) is 14.2. The maximum Gasteiger partial charge on any atom is 0.0714 e. The Kier molecular flexibility index (Phi) is 8.46. The molecular weight excluding hydrogens is 675 g/mol. The SMILES string of the molecule is c1ccc(-c2ccc(-c3ccc(N(c4cccc(-c5ccccc5)c4)c4ccc5c(c4)C(c4ccccc4)(c4ccccc4)c4ccccc4-5)cc3)cc2)cc1. The average Bonchev–Trinajstić information content (AvgIpc) is 3.58. The molecular formula is C55H39N. The molecule has 0 fully saturated rings. The molecule has 0 atom stereocenters. The van der Waals surface area contributed by atoms with Crippen molar-refractivity contribution in [3.05, 3.63) is 259 Å². The van der Waals surface area contributed by atoms with Crippen LogP contribution in [0.4, 0.5) is 17.1 Å². The van der Waals surface area contributed by atoms with Gasteiger partial charge in [0.1, 0.15) is 0 Å². The van der Waals surface area contributed by atoms with Gasteiger partial charge in [0.05, 0.1) is 5.41 Å². The lowest BCUT2D eigenvalue weighted by molar-refractivity contribution is 0.768. The van der Waals surface area contributed by atoms with Gasteiger partial charge in [-0.3, -0.25) is 0 Å². The van der Waals surface area contributed by atoms with Crippen molar-refractivity contribution in [3.8, 4) is 44.5 Å².